The fourth-order valence-electron chi connectivity index (χ4n) is 1.47. The standard InChI is InChI=1S/C12H9Cl2N3O3S/c1-5-9(11(19)20-2)21-12(15-5)17-10(18)8-6(13)3-4-7(14)16-8/h3-4H,1-2H3,(H,15,17,18). The molecule has 0 radical (unpaired) electrons. The maximum absolute atomic E-state index is 12.1. The van der Waals surface area contributed by atoms with Crippen molar-refractivity contribution in [3.8, 4) is 0 Å². The van der Waals surface area contributed by atoms with Gasteiger partial charge in [-0.05, 0) is 19.1 Å². The van der Waals surface area contributed by atoms with Gasteiger partial charge in [0, 0.05) is 0 Å². The number of esters is 1. The van der Waals surface area contributed by atoms with Crippen LogP contribution in [0.4, 0.5) is 5.13 Å². The predicted octanol–water partition coefficient (Wildman–Crippen LogP) is 3.19. The third-order valence-corrected chi connectivity index (χ3v) is 3.98. The first kappa shape index (κ1) is 15.7. The van der Waals surface area contributed by atoms with E-state index in [4.69, 9.17) is 23.2 Å². The molecule has 0 fully saturated rings. The molecule has 0 saturated heterocycles. The molecule has 1 N–H and O–H groups in total. The van der Waals surface area contributed by atoms with E-state index in [1.54, 1.807) is 6.92 Å². The van der Waals surface area contributed by atoms with E-state index in [2.05, 4.69) is 20.0 Å². The molecule has 0 aliphatic rings. The fourth-order valence-corrected chi connectivity index (χ4v) is 2.68. The molecule has 2 aromatic rings. The molecule has 0 unspecified atom stereocenters. The number of anilines is 1. The van der Waals surface area contributed by atoms with E-state index in [9.17, 15) is 9.59 Å². The Bertz CT molecular complexity index is 718. The number of methoxy groups -OCH3 is 1. The Hall–Kier alpha value is -1.70. The molecule has 0 bridgehead atoms. The van der Waals surface area contributed by atoms with E-state index >= 15 is 0 Å². The lowest BCUT2D eigenvalue weighted by molar-refractivity contribution is 0.0605. The minimum atomic E-state index is -0.562. The van der Waals surface area contributed by atoms with E-state index in [0.717, 1.165) is 11.3 Å². The van der Waals surface area contributed by atoms with E-state index in [0.29, 0.717) is 10.6 Å². The summed E-state index contributed by atoms with van der Waals surface area (Å²) in [6.07, 6.45) is 0. The number of aryl methyl sites for hydroxylation is 1. The molecular weight excluding hydrogens is 337 g/mol. The van der Waals surface area contributed by atoms with Gasteiger partial charge in [-0.3, -0.25) is 10.1 Å². The van der Waals surface area contributed by atoms with Gasteiger partial charge in [-0.2, -0.15) is 0 Å². The Labute approximate surface area is 134 Å². The van der Waals surface area contributed by atoms with Crippen molar-refractivity contribution >= 4 is 51.5 Å². The first-order valence-electron chi connectivity index (χ1n) is 5.61. The summed E-state index contributed by atoms with van der Waals surface area (Å²) >= 11 is 12.6. The molecule has 21 heavy (non-hydrogen) atoms. The van der Waals surface area contributed by atoms with Crippen LogP contribution in [0.25, 0.3) is 0 Å². The van der Waals surface area contributed by atoms with Crippen molar-refractivity contribution < 1.29 is 14.3 Å². The minimum absolute atomic E-state index is 0.0170. The highest BCUT2D eigenvalue weighted by Crippen LogP contribution is 2.24. The molecule has 9 heteroatoms. The van der Waals surface area contributed by atoms with Crippen molar-refractivity contribution in [2.24, 2.45) is 0 Å². The molecule has 2 rings (SSSR count). The van der Waals surface area contributed by atoms with Crippen molar-refractivity contribution in [3.63, 3.8) is 0 Å². The number of nitrogens with zero attached hydrogens (tertiary/aromatic N) is 2. The van der Waals surface area contributed by atoms with Crippen LogP contribution in [0.5, 0.6) is 0 Å². The Morgan fingerprint density at radius 2 is 2.00 bits per heavy atom. The minimum Gasteiger partial charge on any atom is -0.465 e. The lowest BCUT2D eigenvalue weighted by Gasteiger charge is -2.03. The molecule has 1 amide bonds. The summed E-state index contributed by atoms with van der Waals surface area (Å²) in [5.74, 6) is -1.07. The van der Waals surface area contributed by atoms with Gasteiger partial charge in [0.05, 0.1) is 17.8 Å². The number of carbonyl (C=O) groups is 2. The highest BCUT2D eigenvalue weighted by atomic mass is 35.5. The van der Waals surface area contributed by atoms with Gasteiger partial charge in [0.2, 0.25) is 0 Å². The van der Waals surface area contributed by atoms with Crippen molar-refractivity contribution in [3.05, 3.63) is 38.6 Å². The number of hydrogen-bond acceptors (Lipinski definition) is 6. The molecule has 110 valence electrons. The van der Waals surface area contributed by atoms with Gasteiger partial charge >= 0.3 is 5.97 Å². The van der Waals surface area contributed by atoms with Crippen LogP contribution in [0.15, 0.2) is 12.1 Å². The highest BCUT2D eigenvalue weighted by molar-refractivity contribution is 7.17. The number of aromatic nitrogens is 2. The summed E-state index contributed by atoms with van der Waals surface area (Å²) in [5, 5.41) is 3.08. The molecule has 6 nitrogen and oxygen atoms in total. The van der Waals surface area contributed by atoms with Crippen LogP contribution >= 0.6 is 34.5 Å². The first-order chi connectivity index (χ1) is 9.92. The van der Waals surface area contributed by atoms with Crippen LogP contribution in [-0.2, 0) is 4.74 Å². The maximum Gasteiger partial charge on any atom is 0.350 e. The average Bonchev–Trinajstić information content (AvgIpc) is 2.81. The summed E-state index contributed by atoms with van der Waals surface area (Å²) in [6.45, 7) is 1.64. The van der Waals surface area contributed by atoms with Gasteiger partial charge in [0.25, 0.3) is 5.91 Å². The zero-order valence-corrected chi connectivity index (χ0v) is 13.3. The highest BCUT2D eigenvalue weighted by Gasteiger charge is 2.19. The lowest BCUT2D eigenvalue weighted by atomic mass is 10.3. The first-order valence-corrected chi connectivity index (χ1v) is 7.18. The number of thiazole rings is 1. The van der Waals surface area contributed by atoms with Crippen LogP contribution in [-0.4, -0.2) is 29.0 Å². The third kappa shape index (κ3) is 3.49. The number of amides is 1. The molecule has 0 aliphatic heterocycles. The summed E-state index contributed by atoms with van der Waals surface area (Å²) < 4.78 is 4.62. The number of ether oxygens (including phenoxy) is 1. The number of rotatable bonds is 3. The predicted molar refractivity (Wildman–Crippen MR) is 80.4 cm³/mol. The smallest absolute Gasteiger partial charge is 0.350 e. The number of pyridine rings is 1. The van der Waals surface area contributed by atoms with Crippen LogP contribution < -0.4 is 5.32 Å². The average molecular weight is 346 g/mol. The summed E-state index contributed by atoms with van der Waals surface area (Å²) in [5.41, 5.74) is 0.448. The van der Waals surface area contributed by atoms with Gasteiger partial charge in [0.1, 0.15) is 15.7 Å². The zero-order valence-electron chi connectivity index (χ0n) is 10.9. The second-order valence-electron chi connectivity index (χ2n) is 3.84. The van der Waals surface area contributed by atoms with Crippen molar-refractivity contribution in [1.82, 2.24) is 9.97 Å². The van der Waals surface area contributed by atoms with Gasteiger partial charge < -0.3 is 4.74 Å². The van der Waals surface area contributed by atoms with Gasteiger partial charge in [-0.25, -0.2) is 14.8 Å². The normalized spacial score (nSPS) is 10.3. The molecule has 0 spiro atoms. The Morgan fingerprint density at radius 3 is 2.67 bits per heavy atom. The van der Waals surface area contributed by atoms with E-state index in [1.807, 2.05) is 0 Å². The van der Waals surface area contributed by atoms with Crippen LogP contribution in [0.1, 0.15) is 25.9 Å². The van der Waals surface area contributed by atoms with E-state index in [1.165, 1.54) is 19.2 Å². The lowest BCUT2D eigenvalue weighted by Crippen LogP contribution is -2.14. The van der Waals surface area contributed by atoms with Crippen LogP contribution in [0, 0.1) is 6.92 Å². The summed E-state index contributed by atoms with van der Waals surface area (Å²) in [6, 6.07) is 2.95. The topological polar surface area (TPSA) is 81.2 Å². The molecule has 0 aromatic carbocycles. The van der Waals surface area contributed by atoms with Crippen LogP contribution in [0.3, 0.4) is 0 Å². The Balaban J connectivity index is 2.24. The van der Waals surface area contributed by atoms with E-state index < -0.39 is 11.9 Å². The SMILES string of the molecule is COC(=O)c1sc(NC(=O)c2nc(Cl)ccc2Cl)nc1C. The van der Waals surface area contributed by atoms with Gasteiger partial charge in [0.15, 0.2) is 5.13 Å². The number of nitrogens with one attached hydrogen (secondary N) is 1. The monoisotopic (exact) mass is 345 g/mol. The number of halogens is 2. The summed E-state index contributed by atoms with van der Waals surface area (Å²) in [4.78, 5) is 31.8. The fraction of sp³-hybridized carbons (Fsp3) is 0.167. The van der Waals surface area contributed by atoms with Crippen molar-refractivity contribution in [2.45, 2.75) is 6.92 Å². The van der Waals surface area contributed by atoms with Gasteiger partial charge in [-0.15, -0.1) is 0 Å². The van der Waals surface area contributed by atoms with Crippen molar-refractivity contribution in [2.75, 3.05) is 12.4 Å². The molecule has 0 aliphatic carbocycles. The molecule has 2 heterocycles. The second-order valence-corrected chi connectivity index (χ2v) is 5.64. The number of hydrogen-bond donors (Lipinski definition) is 1. The Kier molecular flexibility index (Phi) is 4.76. The summed E-state index contributed by atoms with van der Waals surface area (Å²) in [7, 11) is 1.27. The maximum atomic E-state index is 12.1. The molecule has 0 atom stereocenters. The quantitative estimate of drug-likeness (QED) is 0.682. The second kappa shape index (κ2) is 6.38. The zero-order chi connectivity index (χ0) is 15.6. The van der Waals surface area contributed by atoms with Crippen LogP contribution in [0.2, 0.25) is 10.2 Å². The van der Waals surface area contributed by atoms with Gasteiger partial charge in [-0.1, -0.05) is 34.5 Å². The largest absolute Gasteiger partial charge is 0.465 e. The molecule has 2 aromatic heterocycles. The van der Waals surface area contributed by atoms with E-state index in [-0.39, 0.29) is 21.0 Å². The van der Waals surface area contributed by atoms with Crippen molar-refractivity contribution in [1.29, 1.82) is 0 Å². The third-order valence-electron chi connectivity index (χ3n) is 2.41. The molecule has 0 saturated carbocycles. The Morgan fingerprint density at radius 1 is 1.29 bits per heavy atom. The molecular formula is C12H9Cl2N3O3S. The number of carbonyl (C=O) groups excluding carboxylic acids is 2.